The first-order chi connectivity index (χ1) is 12.5. The van der Waals surface area contributed by atoms with Crippen molar-refractivity contribution in [2.75, 3.05) is 0 Å². The number of carbonyl (C=O) groups is 1. The molecule has 2 aromatic rings. The molecule has 2 aromatic carbocycles. The van der Waals surface area contributed by atoms with E-state index < -0.39 is 5.97 Å². The fourth-order valence-electron chi connectivity index (χ4n) is 4.24. The molecule has 1 aliphatic rings. The number of carboxylic acids is 1. The minimum absolute atomic E-state index is 0.177. The Labute approximate surface area is 162 Å². The van der Waals surface area contributed by atoms with Crippen LogP contribution in [0.2, 0.25) is 0 Å². The minimum atomic E-state index is -0.892. The molecular formula is C25H30O2. The quantitative estimate of drug-likeness (QED) is 0.624. The van der Waals surface area contributed by atoms with Crippen LogP contribution in [0.1, 0.15) is 85.6 Å². The van der Waals surface area contributed by atoms with Gasteiger partial charge in [-0.3, -0.25) is 0 Å². The molecule has 0 saturated carbocycles. The van der Waals surface area contributed by atoms with Crippen LogP contribution in [0.25, 0.3) is 11.6 Å². The maximum Gasteiger partial charge on any atom is 0.335 e. The summed E-state index contributed by atoms with van der Waals surface area (Å²) >= 11 is 0. The van der Waals surface area contributed by atoms with E-state index in [0.29, 0.717) is 5.56 Å². The topological polar surface area (TPSA) is 37.3 Å². The number of benzene rings is 2. The van der Waals surface area contributed by atoms with Gasteiger partial charge in [0.05, 0.1) is 5.56 Å². The third-order valence-electron chi connectivity index (χ3n) is 6.14. The molecule has 0 amide bonds. The van der Waals surface area contributed by atoms with Gasteiger partial charge in [-0.15, -0.1) is 0 Å². The lowest BCUT2D eigenvalue weighted by Gasteiger charge is -2.42. The zero-order valence-electron chi connectivity index (χ0n) is 17.3. The molecule has 0 spiro atoms. The first kappa shape index (κ1) is 19.4. The average molecular weight is 363 g/mol. The summed E-state index contributed by atoms with van der Waals surface area (Å²) in [6.45, 7) is 13.7. The van der Waals surface area contributed by atoms with Crippen LogP contribution in [-0.4, -0.2) is 11.1 Å². The van der Waals surface area contributed by atoms with Crippen LogP contribution < -0.4 is 0 Å². The van der Waals surface area contributed by atoms with E-state index in [1.54, 1.807) is 18.2 Å². The van der Waals surface area contributed by atoms with Crippen LogP contribution in [0.3, 0.4) is 0 Å². The lowest BCUT2D eigenvalue weighted by molar-refractivity contribution is 0.0697. The normalized spacial score (nSPS) is 18.1. The van der Waals surface area contributed by atoms with Crippen LogP contribution in [0.15, 0.2) is 36.4 Å². The Hall–Kier alpha value is -2.35. The Morgan fingerprint density at radius 1 is 1.00 bits per heavy atom. The van der Waals surface area contributed by atoms with Crippen molar-refractivity contribution in [1.29, 1.82) is 0 Å². The number of hydrogen-bond donors (Lipinski definition) is 1. The van der Waals surface area contributed by atoms with Crippen molar-refractivity contribution in [1.82, 2.24) is 0 Å². The SMILES string of the molecule is C/C(=C\c1cccc(C(=O)O)c1)c1cc2c(cc1C)C(C)(C)CCC2(C)C. The van der Waals surface area contributed by atoms with Crippen LogP contribution in [0.4, 0.5) is 0 Å². The van der Waals surface area contributed by atoms with Gasteiger partial charge < -0.3 is 5.11 Å². The molecule has 1 aliphatic carbocycles. The van der Waals surface area contributed by atoms with Gasteiger partial charge in [-0.25, -0.2) is 4.79 Å². The van der Waals surface area contributed by atoms with Crippen molar-refractivity contribution in [3.8, 4) is 0 Å². The van der Waals surface area contributed by atoms with Gasteiger partial charge in [0.25, 0.3) is 0 Å². The molecule has 27 heavy (non-hydrogen) atoms. The molecule has 0 radical (unpaired) electrons. The number of fused-ring (bicyclic) bond motifs is 1. The largest absolute Gasteiger partial charge is 0.478 e. The van der Waals surface area contributed by atoms with Crippen LogP contribution >= 0.6 is 0 Å². The van der Waals surface area contributed by atoms with E-state index in [4.69, 9.17) is 0 Å². The Morgan fingerprint density at radius 3 is 2.19 bits per heavy atom. The van der Waals surface area contributed by atoms with Crippen molar-refractivity contribution in [3.63, 3.8) is 0 Å². The zero-order chi connectivity index (χ0) is 20.0. The Bertz CT molecular complexity index is 929. The molecule has 0 saturated heterocycles. The van der Waals surface area contributed by atoms with Crippen molar-refractivity contribution in [2.24, 2.45) is 0 Å². The zero-order valence-corrected chi connectivity index (χ0v) is 17.3. The lowest BCUT2D eigenvalue weighted by Crippen LogP contribution is -2.34. The highest BCUT2D eigenvalue weighted by Gasteiger charge is 2.37. The van der Waals surface area contributed by atoms with Crippen LogP contribution in [0.5, 0.6) is 0 Å². The molecule has 0 bridgehead atoms. The molecular weight excluding hydrogens is 332 g/mol. The summed E-state index contributed by atoms with van der Waals surface area (Å²) in [5.41, 5.74) is 8.25. The van der Waals surface area contributed by atoms with Gasteiger partial charge in [-0.2, -0.15) is 0 Å². The summed E-state index contributed by atoms with van der Waals surface area (Å²) in [7, 11) is 0. The van der Waals surface area contributed by atoms with E-state index in [2.05, 4.69) is 59.8 Å². The van der Waals surface area contributed by atoms with Crippen molar-refractivity contribution >= 4 is 17.6 Å². The first-order valence-corrected chi connectivity index (χ1v) is 9.69. The number of allylic oxidation sites excluding steroid dienone is 1. The van der Waals surface area contributed by atoms with Gasteiger partial charge in [-0.05, 0) is 83.0 Å². The Kier molecular flexibility index (Phi) is 4.80. The summed E-state index contributed by atoms with van der Waals surface area (Å²) < 4.78 is 0. The monoisotopic (exact) mass is 362 g/mol. The van der Waals surface area contributed by atoms with E-state index in [9.17, 15) is 9.90 Å². The summed E-state index contributed by atoms with van der Waals surface area (Å²) in [5.74, 6) is -0.892. The standard InChI is InChI=1S/C25H30O2/c1-16(12-18-8-7-9-19(14-18)23(26)27)20-15-22-21(13-17(20)2)24(3,4)10-11-25(22,5)6/h7-9,12-15H,10-11H2,1-6H3,(H,26,27)/b16-12+. The number of carboxylic acid groups (broad SMARTS) is 1. The summed E-state index contributed by atoms with van der Waals surface area (Å²) in [4.78, 5) is 11.2. The van der Waals surface area contributed by atoms with Gasteiger partial charge in [0.2, 0.25) is 0 Å². The molecule has 0 unspecified atom stereocenters. The van der Waals surface area contributed by atoms with E-state index in [1.165, 1.54) is 35.1 Å². The third kappa shape index (κ3) is 3.71. The second-order valence-corrected chi connectivity index (χ2v) is 9.24. The van der Waals surface area contributed by atoms with Gasteiger partial charge in [-0.1, -0.05) is 58.0 Å². The average Bonchev–Trinajstić information content (AvgIpc) is 2.59. The molecule has 3 rings (SSSR count). The van der Waals surface area contributed by atoms with E-state index in [-0.39, 0.29) is 10.8 Å². The molecule has 0 aliphatic heterocycles. The summed E-state index contributed by atoms with van der Waals surface area (Å²) in [6, 6.07) is 11.9. The molecule has 0 atom stereocenters. The highest BCUT2D eigenvalue weighted by Crippen LogP contribution is 2.47. The van der Waals surface area contributed by atoms with Crippen LogP contribution in [0, 0.1) is 6.92 Å². The highest BCUT2D eigenvalue weighted by molar-refractivity contribution is 5.89. The van der Waals surface area contributed by atoms with Gasteiger partial charge >= 0.3 is 5.97 Å². The van der Waals surface area contributed by atoms with Gasteiger partial charge in [0, 0.05) is 0 Å². The molecule has 2 heteroatoms. The molecule has 0 heterocycles. The predicted octanol–water partition coefficient (Wildman–Crippen LogP) is 6.60. The van der Waals surface area contributed by atoms with Crippen LogP contribution in [-0.2, 0) is 10.8 Å². The number of aryl methyl sites for hydroxylation is 1. The smallest absolute Gasteiger partial charge is 0.335 e. The fourth-order valence-corrected chi connectivity index (χ4v) is 4.24. The number of hydrogen-bond acceptors (Lipinski definition) is 1. The molecule has 0 aromatic heterocycles. The van der Waals surface area contributed by atoms with E-state index in [0.717, 1.165) is 11.1 Å². The fraction of sp³-hybridized carbons (Fsp3) is 0.400. The molecule has 142 valence electrons. The summed E-state index contributed by atoms with van der Waals surface area (Å²) in [5, 5.41) is 9.22. The van der Waals surface area contributed by atoms with Crippen molar-refractivity contribution in [3.05, 3.63) is 69.8 Å². The third-order valence-corrected chi connectivity index (χ3v) is 6.14. The Balaban J connectivity index is 2.10. The highest BCUT2D eigenvalue weighted by atomic mass is 16.4. The second kappa shape index (κ2) is 6.67. The maximum atomic E-state index is 11.2. The van der Waals surface area contributed by atoms with Gasteiger partial charge in [0.15, 0.2) is 0 Å². The lowest BCUT2D eigenvalue weighted by atomic mass is 9.62. The Morgan fingerprint density at radius 2 is 1.59 bits per heavy atom. The second-order valence-electron chi connectivity index (χ2n) is 9.24. The molecule has 1 N–H and O–H groups in total. The van der Waals surface area contributed by atoms with E-state index >= 15 is 0 Å². The first-order valence-electron chi connectivity index (χ1n) is 9.69. The molecule has 2 nitrogen and oxygen atoms in total. The maximum absolute atomic E-state index is 11.2. The molecule has 0 fully saturated rings. The number of aromatic carboxylic acids is 1. The van der Waals surface area contributed by atoms with Gasteiger partial charge in [0.1, 0.15) is 0 Å². The predicted molar refractivity (Wildman–Crippen MR) is 113 cm³/mol. The number of rotatable bonds is 3. The summed E-state index contributed by atoms with van der Waals surface area (Å²) in [6.07, 6.45) is 4.49. The minimum Gasteiger partial charge on any atom is -0.478 e. The van der Waals surface area contributed by atoms with Crippen molar-refractivity contribution < 1.29 is 9.90 Å². The van der Waals surface area contributed by atoms with E-state index in [1.807, 2.05) is 6.07 Å². The van der Waals surface area contributed by atoms with Crippen molar-refractivity contribution in [2.45, 2.75) is 65.2 Å².